The third kappa shape index (κ3) is 2.12. The van der Waals surface area contributed by atoms with Crippen LogP contribution in [0.1, 0.15) is 13.3 Å². The second-order valence-corrected chi connectivity index (χ2v) is 3.11. The first-order valence-electron chi connectivity index (χ1n) is 4.91. The molecule has 0 saturated heterocycles. The number of fused-ring (bicyclic) bond motifs is 1. The van der Waals surface area contributed by atoms with Gasteiger partial charge in [0.1, 0.15) is 11.8 Å². The molecule has 2 N–H and O–H groups in total. The summed E-state index contributed by atoms with van der Waals surface area (Å²) in [5.74, 6) is 0.807. The van der Waals surface area contributed by atoms with Gasteiger partial charge in [0.2, 0.25) is 0 Å². The lowest BCUT2D eigenvalue weighted by atomic mass is 10.4. The highest BCUT2D eigenvalue weighted by molar-refractivity contribution is 5.81. The molecule has 0 fully saturated rings. The number of H-pyrrole nitrogens is 1. The number of nitrogens with zero attached hydrogens (tertiary/aromatic N) is 3. The Labute approximate surface area is 87.7 Å². The zero-order valence-electron chi connectivity index (χ0n) is 8.57. The van der Waals surface area contributed by atoms with Gasteiger partial charge in [0.25, 0.3) is 0 Å². The number of allylic oxidation sites excluding steroid dienone is 1. The van der Waals surface area contributed by atoms with Gasteiger partial charge in [-0.15, -0.1) is 0 Å². The minimum absolute atomic E-state index is 0.693. The number of anilines is 1. The average Bonchev–Trinajstić information content (AvgIpc) is 2.73. The summed E-state index contributed by atoms with van der Waals surface area (Å²) in [6, 6.07) is 0. The van der Waals surface area contributed by atoms with Crippen LogP contribution in [0.4, 0.5) is 5.82 Å². The minimum atomic E-state index is 0.693. The molecule has 0 aliphatic carbocycles. The lowest BCUT2D eigenvalue weighted by molar-refractivity contribution is 1.04. The fraction of sp³-hybridized carbons (Fsp3) is 0.300. The summed E-state index contributed by atoms with van der Waals surface area (Å²) in [4.78, 5) is 15.3. The average molecular weight is 203 g/mol. The Bertz CT molecular complexity index is 460. The van der Waals surface area contributed by atoms with Gasteiger partial charge in [0.05, 0.1) is 6.33 Å². The fourth-order valence-electron chi connectivity index (χ4n) is 1.34. The van der Waals surface area contributed by atoms with E-state index in [2.05, 4.69) is 31.3 Å². The molecular formula is C10H13N5. The summed E-state index contributed by atoms with van der Waals surface area (Å²) in [7, 11) is 0. The van der Waals surface area contributed by atoms with Crippen molar-refractivity contribution in [2.45, 2.75) is 13.3 Å². The molecule has 0 saturated carbocycles. The maximum Gasteiger partial charge on any atom is 0.182 e. The van der Waals surface area contributed by atoms with Crippen LogP contribution in [0.5, 0.6) is 0 Å². The summed E-state index contributed by atoms with van der Waals surface area (Å²) < 4.78 is 0. The molecule has 0 bridgehead atoms. The number of nitrogens with one attached hydrogen (secondary N) is 2. The lowest BCUT2D eigenvalue weighted by Gasteiger charge is -2.03. The second-order valence-electron chi connectivity index (χ2n) is 3.11. The maximum absolute atomic E-state index is 4.16. The second kappa shape index (κ2) is 4.54. The van der Waals surface area contributed by atoms with E-state index in [1.54, 1.807) is 6.33 Å². The van der Waals surface area contributed by atoms with E-state index in [1.807, 2.05) is 13.0 Å². The predicted molar refractivity (Wildman–Crippen MR) is 59.6 cm³/mol. The van der Waals surface area contributed by atoms with Gasteiger partial charge in [-0.05, 0) is 13.3 Å². The van der Waals surface area contributed by atoms with Gasteiger partial charge >= 0.3 is 0 Å². The van der Waals surface area contributed by atoms with Crippen LogP contribution in [0.3, 0.4) is 0 Å². The van der Waals surface area contributed by atoms with Crippen LogP contribution < -0.4 is 5.32 Å². The first-order valence-corrected chi connectivity index (χ1v) is 4.91. The smallest absolute Gasteiger partial charge is 0.182 e. The Morgan fingerprint density at radius 1 is 1.40 bits per heavy atom. The Hall–Kier alpha value is -1.91. The van der Waals surface area contributed by atoms with Crippen molar-refractivity contribution in [1.29, 1.82) is 0 Å². The predicted octanol–water partition coefficient (Wildman–Crippen LogP) is 1.73. The molecule has 2 rings (SSSR count). The highest BCUT2D eigenvalue weighted by atomic mass is 15.1. The van der Waals surface area contributed by atoms with Crippen LogP contribution >= 0.6 is 0 Å². The largest absolute Gasteiger partial charge is 0.368 e. The summed E-state index contributed by atoms with van der Waals surface area (Å²) in [5.41, 5.74) is 1.55. The van der Waals surface area contributed by atoms with Gasteiger partial charge in [-0.3, -0.25) is 0 Å². The van der Waals surface area contributed by atoms with E-state index in [-0.39, 0.29) is 0 Å². The Morgan fingerprint density at radius 2 is 2.33 bits per heavy atom. The summed E-state index contributed by atoms with van der Waals surface area (Å²) in [5, 5.41) is 3.23. The van der Waals surface area contributed by atoms with Crippen molar-refractivity contribution in [2.75, 3.05) is 11.9 Å². The molecule has 0 aliphatic rings. The fourth-order valence-corrected chi connectivity index (χ4v) is 1.34. The molecule has 0 amide bonds. The van der Waals surface area contributed by atoms with Crippen LogP contribution in [0.15, 0.2) is 24.8 Å². The topological polar surface area (TPSA) is 66.5 Å². The van der Waals surface area contributed by atoms with Crippen LogP contribution in [0.25, 0.3) is 11.2 Å². The van der Waals surface area contributed by atoms with E-state index in [1.165, 1.54) is 6.33 Å². The highest BCUT2D eigenvalue weighted by Gasteiger charge is 2.03. The van der Waals surface area contributed by atoms with Crippen molar-refractivity contribution in [1.82, 2.24) is 19.9 Å². The van der Waals surface area contributed by atoms with E-state index in [0.29, 0.717) is 5.65 Å². The van der Waals surface area contributed by atoms with Crippen LogP contribution in [0.2, 0.25) is 0 Å². The monoisotopic (exact) mass is 203 g/mol. The number of aromatic amines is 1. The van der Waals surface area contributed by atoms with Gasteiger partial charge < -0.3 is 10.3 Å². The molecule has 0 aromatic carbocycles. The molecule has 0 radical (unpaired) electrons. The van der Waals surface area contributed by atoms with Crippen molar-refractivity contribution in [3.8, 4) is 0 Å². The molecule has 0 spiro atoms. The molecule has 0 unspecified atom stereocenters. The third-order valence-electron chi connectivity index (χ3n) is 2.06. The first kappa shape index (κ1) is 9.64. The molecule has 5 nitrogen and oxygen atoms in total. The van der Waals surface area contributed by atoms with Gasteiger partial charge in [0, 0.05) is 6.54 Å². The normalized spacial score (nSPS) is 11.3. The minimum Gasteiger partial charge on any atom is -0.368 e. The molecule has 2 aromatic heterocycles. The number of aromatic nitrogens is 4. The zero-order valence-corrected chi connectivity index (χ0v) is 8.57. The molecule has 0 atom stereocenters. The first-order chi connectivity index (χ1) is 7.42. The van der Waals surface area contributed by atoms with Crippen LogP contribution in [0, 0.1) is 0 Å². The SMILES string of the molecule is C/C=C/CCNc1ncnc2nc[nH]c12. The Balaban J connectivity index is 2.10. The zero-order chi connectivity index (χ0) is 10.5. The van der Waals surface area contributed by atoms with Gasteiger partial charge in [-0.25, -0.2) is 15.0 Å². The maximum atomic E-state index is 4.16. The molecule has 15 heavy (non-hydrogen) atoms. The van der Waals surface area contributed by atoms with Crippen molar-refractivity contribution in [2.24, 2.45) is 0 Å². The Kier molecular flexibility index (Phi) is 2.92. The molecule has 2 heterocycles. The van der Waals surface area contributed by atoms with E-state index in [0.717, 1.165) is 24.3 Å². The number of rotatable bonds is 4. The Morgan fingerprint density at radius 3 is 3.20 bits per heavy atom. The number of imidazole rings is 1. The van der Waals surface area contributed by atoms with E-state index in [4.69, 9.17) is 0 Å². The van der Waals surface area contributed by atoms with Crippen LogP contribution in [-0.4, -0.2) is 26.5 Å². The van der Waals surface area contributed by atoms with E-state index >= 15 is 0 Å². The summed E-state index contributed by atoms with van der Waals surface area (Å²) in [6.07, 6.45) is 8.26. The van der Waals surface area contributed by atoms with E-state index in [9.17, 15) is 0 Å². The molecule has 5 heteroatoms. The number of hydrogen-bond acceptors (Lipinski definition) is 4. The standard InChI is InChI=1S/C10H13N5/c1-2-3-4-5-11-9-8-10(13-6-12-8)15-7-14-9/h2-3,6-7H,4-5H2,1H3,(H2,11,12,13,14,15)/b3-2+. The van der Waals surface area contributed by atoms with E-state index < -0.39 is 0 Å². The van der Waals surface area contributed by atoms with Gasteiger partial charge in [0.15, 0.2) is 11.5 Å². The van der Waals surface area contributed by atoms with Crippen molar-refractivity contribution in [3.63, 3.8) is 0 Å². The highest BCUT2D eigenvalue weighted by Crippen LogP contribution is 2.13. The molecule has 2 aromatic rings. The quantitative estimate of drug-likeness (QED) is 0.586. The van der Waals surface area contributed by atoms with Gasteiger partial charge in [-0.1, -0.05) is 12.2 Å². The molecule has 0 aliphatic heterocycles. The van der Waals surface area contributed by atoms with Crippen LogP contribution in [-0.2, 0) is 0 Å². The molecular weight excluding hydrogens is 190 g/mol. The number of hydrogen-bond donors (Lipinski definition) is 2. The third-order valence-corrected chi connectivity index (χ3v) is 2.06. The summed E-state index contributed by atoms with van der Waals surface area (Å²) >= 11 is 0. The van der Waals surface area contributed by atoms with Crippen molar-refractivity contribution < 1.29 is 0 Å². The van der Waals surface area contributed by atoms with Gasteiger partial charge in [-0.2, -0.15) is 0 Å². The van der Waals surface area contributed by atoms with Crippen molar-refractivity contribution in [3.05, 3.63) is 24.8 Å². The molecule has 78 valence electrons. The lowest BCUT2D eigenvalue weighted by Crippen LogP contribution is -2.03. The van der Waals surface area contributed by atoms with Crippen molar-refractivity contribution >= 4 is 17.0 Å². The summed E-state index contributed by atoms with van der Waals surface area (Å²) in [6.45, 7) is 2.87.